The van der Waals surface area contributed by atoms with Gasteiger partial charge in [0.05, 0.1) is 12.3 Å². The smallest absolute Gasteiger partial charge is 0.0641 e. The molecule has 0 saturated carbocycles. The van der Waals surface area contributed by atoms with Crippen molar-refractivity contribution in [3.8, 4) is 0 Å². The minimum absolute atomic E-state index is 0.332. The molecule has 17 heavy (non-hydrogen) atoms. The minimum Gasteiger partial charge on any atom is -0.380 e. The zero-order valence-corrected chi connectivity index (χ0v) is 11.5. The van der Waals surface area contributed by atoms with E-state index in [1.165, 1.54) is 12.0 Å². The SMILES string of the molecule is CCCCOCCNC(C)c1cn(C)nc1C. The van der Waals surface area contributed by atoms with Gasteiger partial charge >= 0.3 is 0 Å². The second-order valence-corrected chi connectivity index (χ2v) is 4.49. The van der Waals surface area contributed by atoms with Crippen molar-refractivity contribution in [1.82, 2.24) is 15.1 Å². The Labute approximate surface area is 104 Å². The Morgan fingerprint density at radius 2 is 2.24 bits per heavy atom. The van der Waals surface area contributed by atoms with Gasteiger partial charge in [-0.3, -0.25) is 4.68 Å². The van der Waals surface area contributed by atoms with E-state index >= 15 is 0 Å². The lowest BCUT2D eigenvalue weighted by atomic mass is 10.1. The van der Waals surface area contributed by atoms with Gasteiger partial charge in [-0.2, -0.15) is 5.10 Å². The molecule has 4 nitrogen and oxygen atoms in total. The van der Waals surface area contributed by atoms with E-state index in [0.29, 0.717) is 6.04 Å². The van der Waals surface area contributed by atoms with Crippen LogP contribution in [0.2, 0.25) is 0 Å². The van der Waals surface area contributed by atoms with Crippen molar-refractivity contribution in [3.05, 3.63) is 17.5 Å². The molecule has 0 amide bonds. The molecule has 0 spiro atoms. The Bertz CT molecular complexity index is 322. The van der Waals surface area contributed by atoms with E-state index in [1.807, 2.05) is 18.7 Å². The van der Waals surface area contributed by atoms with Gasteiger partial charge < -0.3 is 10.1 Å². The predicted molar refractivity (Wildman–Crippen MR) is 70.1 cm³/mol. The van der Waals surface area contributed by atoms with Crippen LogP contribution in [0.15, 0.2) is 6.20 Å². The lowest BCUT2D eigenvalue weighted by molar-refractivity contribution is 0.131. The molecule has 1 heterocycles. The number of hydrogen-bond acceptors (Lipinski definition) is 3. The number of ether oxygens (including phenoxy) is 1. The summed E-state index contributed by atoms with van der Waals surface area (Å²) in [5.41, 5.74) is 2.36. The van der Waals surface area contributed by atoms with Crippen molar-refractivity contribution >= 4 is 0 Å². The molecule has 1 aromatic heterocycles. The molecule has 1 unspecified atom stereocenters. The van der Waals surface area contributed by atoms with E-state index in [0.717, 1.165) is 31.9 Å². The average Bonchev–Trinajstić information content (AvgIpc) is 2.62. The molecule has 1 atom stereocenters. The number of aryl methyl sites for hydroxylation is 2. The summed E-state index contributed by atoms with van der Waals surface area (Å²) in [6.07, 6.45) is 4.42. The fourth-order valence-corrected chi connectivity index (χ4v) is 1.85. The summed E-state index contributed by atoms with van der Waals surface area (Å²) in [6.45, 7) is 8.93. The quantitative estimate of drug-likeness (QED) is 0.707. The maximum Gasteiger partial charge on any atom is 0.0641 e. The highest BCUT2D eigenvalue weighted by Gasteiger charge is 2.10. The van der Waals surface area contributed by atoms with E-state index in [4.69, 9.17) is 4.74 Å². The second-order valence-electron chi connectivity index (χ2n) is 4.49. The number of nitrogens with one attached hydrogen (secondary N) is 1. The molecule has 1 N–H and O–H groups in total. The highest BCUT2D eigenvalue weighted by molar-refractivity contribution is 5.19. The highest BCUT2D eigenvalue weighted by atomic mass is 16.5. The first-order chi connectivity index (χ1) is 8.15. The molecule has 0 saturated heterocycles. The Kier molecular flexibility index (Phi) is 6.22. The second kappa shape index (κ2) is 7.45. The van der Waals surface area contributed by atoms with Gasteiger partial charge in [0.1, 0.15) is 0 Å². The molecule has 0 aliphatic heterocycles. The molecule has 0 bridgehead atoms. The van der Waals surface area contributed by atoms with Crippen LogP contribution < -0.4 is 5.32 Å². The molecule has 0 aliphatic rings. The first-order valence-corrected chi connectivity index (χ1v) is 6.46. The maximum atomic E-state index is 5.51. The summed E-state index contributed by atoms with van der Waals surface area (Å²) >= 11 is 0. The van der Waals surface area contributed by atoms with E-state index in [1.54, 1.807) is 0 Å². The standard InChI is InChI=1S/C13H25N3O/c1-5-6-8-17-9-7-14-11(2)13-10-16(4)15-12(13)3/h10-11,14H,5-9H2,1-4H3. The van der Waals surface area contributed by atoms with E-state index in [-0.39, 0.29) is 0 Å². The number of nitrogens with zero attached hydrogens (tertiary/aromatic N) is 2. The molecule has 98 valence electrons. The number of rotatable bonds is 8. The first-order valence-electron chi connectivity index (χ1n) is 6.46. The summed E-state index contributed by atoms with van der Waals surface area (Å²) in [5.74, 6) is 0. The van der Waals surface area contributed by atoms with Crippen LogP contribution in [0.25, 0.3) is 0 Å². The monoisotopic (exact) mass is 239 g/mol. The van der Waals surface area contributed by atoms with E-state index in [9.17, 15) is 0 Å². The Hall–Kier alpha value is -0.870. The summed E-state index contributed by atoms with van der Waals surface area (Å²) < 4.78 is 7.37. The van der Waals surface area contributed by atoms with Crippen LogP contribution in [0.1, 0.15) is 44.0 Å². The minimum atomic E-state index is 0.332. The Morgan fingerprint density at radius 3 is 2.82 bits per heavy atom. The van der Waals surface area contributed by atoms with Crippen molar-refractivity contribution in [2.24, 2.45) is 7.05 Å². The van der Waals surface area contributed by atoms with Gasteiger partial charge in [0, 0.05) is 38.0 Å². The number of unbranched alkanes of at least 4 members (excludes halogenated alkanes) is 1. The van der Waals surface area contributed by atoms with Gasteiger partial charge in [-0.05, 0) is 20.3 Å². The normalized spacial score (nSPS) is 12.9. The van der Waals surface area contributed by atoms with Crippen LogP contribution in [-0.4, -0.2) is 29.5 Å². The third kappa shape index (κ3) is 4.88. The molecule has 0 fully saturated rings. The van der Waals surface area contributed by atoms with Crippen molar-refractivity contribution in [3.63, 3.8) is 0 Å². The molecule has 1 aromatic rings. The van der Waals surface area contributed by atoms with Crippen LogP contribution in [0.4, 0.5) is 0 Å². The predicted octanol–water partition coefficient (Wildman–Crippen LogP) is 2.20. The summed E-state index contributed by atoms with van der Waals surface area (Å²) in [7, 11) is 1.96. The maximum absolute atomic E-state index is 5.51. The summed E-state index contributed by atoms with van der Waals surface area (Å²) in [4.78, 5) is 0. The summed E-state index contributed by atoms with van der Waals surface area (Å²) in [6, 6.07) is 0.332. The van der Waals surface area contributed by atoms with Crippen molar-refractivity contribution in [2.75, 3.05) is 19.8 Å². The van der Waals surface area contributed by atoms with Crippen molar-refractivity contribution in [2.45, 2.75) is 39.7 Å². The zero-order chi connectivity index (χ0) is 12.7. The lowest BCUT2D eigenvalue weighted by Gasteiger charge is -2.13. The van der Waals surface area contributed by atoms with Crippen LogP contribution in [0.3, 0.4) is 0 Å². The third-order valence-electron chi connectivity index (χ3n) is 2.86. The highest BCUT2D eigenvalue weighted by Crippen LogP contribution is 2.14. The topological polar surface area (TPSA) is 39.1 Å². The van der Waals surface area contributed by atoms with Gasteiger partial charge in [0.25, 0.3) is 0 Å². The van der Waals surface area contributed by atoms with Gasteiger partial charge in [-0.25, -0.2) is 0 Å². The van der Waals surface area contributed by atoms with Gasteiger partial charge in [-0.15, -0.1) is 0 Å². The molecule has 0 aromatic carbocycles. The number of hydrogen-bond donors (Lipinski definition) is 1. The largest absolute Gasteiger partial charge is 0.380 e. The third-order valence-corrected chi connectivity index (χ3v) is 2.86. The first kappa shape index (κ1) is 14.2. The van der Waals surface area contributed by atoms with Crippen LogP contribution in [-0.2, 0) is 11.8 Å². The van der Waals surface area contributed by atoms with E-state index in [2.05, 4.69) is 30.5 Å². The Balaban J connectivity index is 2.21. The number of aromatic nitrogens is 2. The molecular weight excluding hydrogens is 214 g/mol. The van der Waals surface area contributed by atoms with Crippen molar-refractivity contribution in [1.29, 1.82) is 0 Å². The van der Waals surface area contributed by atoms with Crippen LogP contribution >= 0.6 is 0 Å². The van der Waals surface area contributed by atoms with Gasteiger partial charge in [0.2, 0.25) is 0 Å². The zero-order valence-electron chi connectivity index (χ0n) is 11.5. The molecule has 0 aliphatic carbocycles. The fraction of sp³-hybridized carbons (Fsp3) is 0.769. The van der Waals surface area contributed by atoms with Gasteiger partial charge in [0.15, 0.2) is 0 Å². The van der Waals surface area contributed by atoms with E-state index < -0.39 is 0 Å². The van der Waals surface area contributed by atoms with Crippen LogP contribution in [0.5, 0.6) is 0 Å². The average molecular weight is 239 g/mol. The molecule has 1 rings (SSSR count). The molecular formula is C13H25N3O. The van der Waals surface area contributed by atoms with Crippen molar-refractivity contribution < 1.29 is 4.74 Å². The lowest BCUT2D eigenvalue weighted by Crippen LogP contribution is -2.23. The Morgan fingerprint density at radius 1 is 1.47 bits per heavy atom. The summed E-state index contributed by atoms with van der Waals surface area (Å²) in [5, 5.41) is 7.80. The fourth-order valence-electron chi connectivity index (χ4n) is 1.85. The molecule has 0 radical (unpaired) electrons. The molecule has 4 heteroatoms. The van der Waals surface area contributed by atoms with Crippen LogP contribution in [0, 0.1) is 6.92 Å². The van der Waals surface area contributed by atoms with Gasteiger partial charge in [-0.1, -0.05) is 13.3 Å².